The zero-order valence-corrected chi connectivity index (χ0v) is 12.6. The van der Waals surface area contributed by atoms with Gasteiger partial charge in [-0.25, -0.2) is 4.79 Å². The number of carbonyl (C=O) groups is 1. The molecule has 0 radical (unpaired) electrons. The number of carboxylic acids is 1. The third kappa shape index (κ3) is 4.66. The Morgan fingerprint density at radius 1 is 0.962 bits per heavy atom. The predicted molar refractivity (Wildman–Crippen MR) is 76.2 cm³/mol. The van der Waals surface area contributed by atoms with Gasteiger partial charge in [-0.05, 0) is 41.0 Å². The summed E-state index contributed by atoms with van der Waals surface area (Å²) in [5.41, 5.74) is -2.07. The number of halogens is 6. The topological polar surface area (TPSA) is 66.8 Å². The van der Waals surface area contributed by atoms with Crippen LogP contribution in [0.5, 0.6) is 5.75 Å². The van der Waals surface area contributed by atoms with Gasteiger partial charge in [0.15, 0.2) is 6.10 Å². The van der Waals surface area contributed by atoms with Crippen molar-refractivity contribution in [3.8, 4) is 16.9 Å². The van der Waals surface area contributed by atoms with Gasteiger partial charge in [0.05, 0.1) is 5.56 Å². The van der Waals surface area contributed by atoms with E-state index in [2.05, 4.69) is 4.74 Å². The van der Waals surface area contributed by atoms with Gasteiger partial charge in [0.25, 0.3) is 0 Å². The molecule has 0 aliphatic carbocycles. The lowest BCUT2D eigenvalue weighted by Gasteiger charge is -2.16. The minimum Gasteiger partial charge on any atom is -0.479 e. The number of aliphatic carboxylic acids is 1. The third-order valence-corrected chi connectivity index (χ3v) is 3.30. The maximum absolute atomic E-state index is 13.2. The molecule has 0 amide bonds. The molecule has 0 bridgehead atoms. The summed E-state index contributed by atoms with van der Waals surface area (Å²) in [5, 5.41) is 18.3. The second kappa shape index (κ2) is 6.87. The smallest absolute Gasteiger partial charge is 0.479 e. The zero-order chi connectivity index (χ0) is 19.7. The first-order valence-electron chi connectivity index (χ1n) is 6.86. The molecule has 0 heterocycles. The van der Waals surface area contributed by atoms with Gasteiger partial charge in [0.1, 0.15) is 5.75 Å². The van der Waals surface area contributed by atoms with Crippen LogP contribution in [0.2, 0.25) is 0 Å². The summed E-state index contributed by atoms with van der Waals surface area (Å²) < 4.78 is 79.6. The Kier molecular flexibility index (Phi) is 5.17. The summed E-state index contributed by atoms with van der Waals surface area (Å²) >= 11 is 0. The summed E-state index contributed by atoms with van der Waals surface area (Å²) in [6, 6.07) is 5.79. The molecule has 2 rings (SSSR count). The number of hydrogen-bond acceptors (Lipinski definition) is 3. The molecular weight excluding hydrogens is 370 g/mol. The number of aliphatic hydroxyl groups excluding tert-OH is 1. The summed E-state index contributed by atoms with van der Waals surface area (Å²) in [6.45, 7) is 0. The lowest BCUT2D eigenvalue weighted by molar-refractivity contribution is -0.274. The molecule has 2 aromatic carbocycles. The van der Waals surface area contributed by atoms with E-state index >= 15 is 0 Å². The molecule has 1 unspecified atom stereocenters. The van der Waals surface area contributed by atoms with E-state index in [4.69, 9.17) is 5.11 Å². The first kappa shape index (κ1) is 19.6. The van der Waals surface area contributed by atoms with Gasteiger partial charge < -0.3 is 14.9 Å². The number of benzene rings is 2. The van der Waals surface area contributed by atoms with E-state index in [1.807, 2.05) is 0 Å². The van der Waals surface area contributed by atoms with E-state index in [-0.39, 0.29) is 11.1 Å². The van der Waals surface area contributed by atoms with E-state index < -0.39 is 41.5 Å². The Balaban J connectivity index is 2.51. The van der Waals surface area contributed by atoms with E-state index in [9.17, 15) is 36.2 Å². The van der Waals surface area contributed by atoms with Crippen molar-refractivity contribution < 1.29 is 46.1 Å². The molecule has 0 fully saturated rings. The maximum atomic E-state index is 13.2. The molecule has 4 nitrogen and oxygen atoms in total. The van der Waals surface area contributed by atoms with E-state index in [0.29, 0.717) is 6.07 Å². The molecule has 0 aliphatic heterocycles. The Labute approximate surface area is 142 Å². The Hall–Kier alpha value is -2.75. The fourth-order valence-corrected chi connectivity index (χ4v) is 2.20. The average molecular weight is 380 g/mol. The molecule has 0 aromatic heterocycles. The standard InChI is InChI=1S/C16H10F6O4/c17-15(18,19)12-6-3-9(13(23)14(24)25)7-11(12)8-1-4-10(5-2-8)26-16(20,21)22/h1-7,13,23H,(H,24,25). The van der Waals surface area contributed by atoms with Gasteiger partial charge in [-0.15, -0.1) is 13.2 Å². The third-order valence-electron chi connectivity index (χ3n) is 3.30. The van der Waals surface area contributed by atoms with Gasteiger partial charge in [0, 0.05) is 0 Å². The monoisotopic (exact) mass is 380 g/mol. The summed E-state index contributed by atoms with van der Waals surface area (Å²) in [7, 11) is 0. The second-order valence-electron chi connectivity index (χ2n) is 5.12. The van der Waals surface area contributed by atoms with Crippen LogP contribution in [0, 0.1) is 0 Å². The molecule has 10 heteroatoms. The Morgan fingerprint density at radius 2 is 1.54 bits per heavy atom. The number of rotatable bonds is 4. The minimum absolute atomic E-state index is 0.133. The lowest BCUT2D eigenvalue weighted by atomic mass is 9.95. The average Bonchev–Trinajstić information content (AvgIpc) is 2.52. The first-order valence-corrected chi connectivity index (χ1v) is 6.86. The molecule has 1 atom stereocenters. The van der Waals surface area contributed by atoms with E-state index in [0.717, 1.165) is 36.4 Å². The highest BCUT2D eigenvalue weighted by Crippen LogP contribution is 2.39. The Morgan fingerprint density at radius 3 is 2.00 bits per heavy atom. The molecule has 0 aliphatic rings. The van der Waals surface area contributed by atoms with Gasteiger partial charge in [-0.3, -0.25) is 0 Å². The van der Waals surface area contributed by atoms with Crippen molar-refractivity contribution in [2.75, 3.05) is 0 Å². The lowest BCUT2D eigenvalue weighted by Crippen LogP contribution is -2.17. The van der Waals surface area contributed by atoms with Crippen LogP contribution < -0.4 is 4.74 Å². The number of carboxylic acid groups (broad SMARTS) is 1. The van der Waals surface area contributed by atoms with Gasteiger partial charge >= 0.3 is 18.5 Å². The van der Waals surface area contributed by atoms with E-state index in [1.54, 1.807) is 0 Å². The van der Waals surface area contributed by atoms with Crippen LogP contribution in [0.3, 0.4) is 0 Å². The summed E-state index contributed by atoms with van der Waals surface area (Å²) in [4.78, 5) is 10.8. The Bertz CT molecular complexity index is 796. The van der Waals surface area contributed by atoms with Crippen molar-refractivity contribution in [2.24, 2.45) is 0 Å². The zero-order valence-electron chi connectivity index (χ0n) is 12.6. The quantitative estimate of drug-likeness (QED) is 0.773. The molecule has 0 saturated carbocycles. The second-order valence-corrected chi connectivity index (χ2v) is 5.12. The number of hydrogen-bond donors (Lipinski definition) is 2. The molecule has 0 spiro atoms. The molecule has 2 aromatic rings. The van der Waals surface area contributed by atoms with Gasteiger partial charge in [-0.2, -0.15) is 13.2 Å². The SMILES string of the molecule is O=C(O)C(O)c1ccc(C(F)(F)F)c(-c2ccc(OC(F)(F)F)cc2)c1. The fraction of sp³-hybridized carbons (Fsp3) is 0.188. The minimum atomic E-state index is -4.95. The first-order chi connectivity index (χ1) is 11.9. The highest BCUT2D eigenvalue weighted by atomic mass is 19.4. The van der Waals surface area contributed by atoms with Crippen LogP contribution >= 0.6 is 0 Å². The summed E-state index contributed by atoms with van der Waals surface area (Å²) in [6.07, 6.45) is -11.8. The van der Waals surface area contributed by atoms with Crippen LogP contribution in [0.25, 0.3) is 11.1 Å². The van der Waals surface area contributed by atoms with Crippen molar-refractivity contribution in [2.45, 2.75) is 18.6 Å². The predicted octanol–water partition coefficient (Wildman–Crippen LogP) is 4.39. The van der Waals surface area contributed by atoms with Crippen LogP contribution in [-0.2, 0) is 11.0 Å². The summed E-state index contributed by atoms with van der Waals surface area (Å²) in [5.74, 6) is -2.29. The van der Waals surface area contributed by atoms with Crippen molar-refractivity contribution in [1.82, 2.24) is 0 Å². The van der Waals surface area contributed by atoms with Crippen molar-refractivity contribution in [3.05, 3.63) is 53.6 Å². The maximum Gasteiger partial charge on any atom is 0.573 e. The number of aliphatic hydroxyl groups is 1. The largest absolute Gasteiger partial charge is 0.573 e. The molecule has 2 N–H and O–H groups in total. The highest BCUT2D eigenvalue weighted by Gasteiger charge is 2.35. The molecular formula is C16H10F6O4. The van der Waals surface area contributed by atoms with Crippen LogP contribution in [0.15, 0.2) is 42.5 Å². The van der Waals surface area contributed by atoms with E-state index in [1.165, 1.54) is 0 Å². The normalized spacial score (nSPS) is 13.3. The number of ether oxygens (including phenoxy) is 1. The molecule has 0 saturated heterocycles. The molecule has 140 valence electrons. The van der Waals surface area contributed by atoms with Crippen molar-refractivity contribution in [3.63, 3.8) is 0 Å². The van der Waals surface area contributed by atoms with Crippen LogP contribution in [-0.4, -0.2) is 22.5 Å². The number of alkyl halides is 6. The van der Waals surface area contributed by atoms with Crippen molar-refractivity contribution in [1.29, 1.82) is 0 Å². The van der Waals surface area contributed by atoms with Crippen LogP contribution in [0.1, 0.15) is 17.2 Å². The van der Waals surface area contributed by atoms with Gasteiger partial charge in [0.2, 0.25) is 0 Å². The van der Waals surface area contributed by atoms with Crippen molar-refractivity contribution >= 4 is 5.97 Å². The highest BCUT2D eigenvalue weighted by molar-refractivity contribution is 5.76. The van der Waals surface area contributed by atoms with Gasteiger partial charge in [-0.1, -0.05) is 18.2 Å². The van der Waals surface area contributed by atoms with Crippen LogP contribution in [0.4, 0.5) is 26.3 Å². The fourth-order valence-electron chi connectivity index (χ4n) is 2.20. The molecule has 26 heavy (non-hydrogen) atoms.